The summed E-state index contributed by atoms with van der Waals surface area (Å²) in [6.45, 7) is 0. The van der Waals surface area contributed by atoms with E-state index in [2.05, 4.69) is 247 Å². The Hall–Kier alpha value is -8.68. The molecule has 1 aliphatic rings. The first-order valence-electron chi connectivity index (χ1n) is 21.8. The van der Waals surface area contributed by atoms with Crippen molar-refractivity contribution in [3.8, 4) is 11.4 Å². The molecular formula is C57H37N7. The highest BCUT2D eigenvalue weighted by Crippen LogP contribution is 2.58. The number of hydrogen-bond acceptors (Lipinski definition) is 3. The van der Waals surface area contributed by atoms with Crippen LogP contribution in [0.3, 0.4) is 0 Å². The Morgan fingerprint density at radius 2 is 0.766 bits per heavy atom. The molecule has 0 fully saturated rings. The Kier molecular flexibility index (Phi) is 7.19. The van der Waals surface area contributed by atoms with Crippen LogP contribution in [0.1, 0.15) is 22.3 Å². The van der Waals surface area contributed by atoms with Gasteiger partial charge < -0.3 is 4.90 Å². The molecule has 7 nitrogen and oxygen atoms in total. The second kappa shape index (κ2) is 13.2. The van der Waals surface area contributed by atoms with Crippen LogP contribution < -0.4 is 4.90 Å². The molecule has 64 heavy (non-hydrogen) atoms. The smallest absolute Gasteiger partial charge is 0.220 e. The summed E-state index contributed by atoms with van der Waals surface area (Å²) in [5.74, 6) is 1.75. The minimum atomic E-state index is -0.643. The van der Waals surface area contributed by atoms with E-state index in [0.717, 1.165) is 84.1 Å². The summed E-state index contributed by atoms with van der Waals surface area (Å²) in [6.07, 6.45) is 0. The number of anilines is 3. The van der Waals surface area contributed by atoms with Crippen LogP contribution in [-0.2, 0) is 5.41 Å². The zero-order chi connectivity index (χ0) is 41.9. The first-order valence-corrected chi connectivity index (χ1v) is 21.8. The van der Waals surface area contributed by atoms with Crippen molar-refractivity contribution >= 4 is 72.8 Å². The van der Waals surface area contributed by atoms with Gasteiger partial charge in [-0.3, -0.25) is 17.9 Å². The third-order valence-electron chi connectivity index (χ3n) is 13.4. The van der Waals surface area contributed by atoms with Crippen molar-refractivity contribution in [2.24, 2.45) is 0 Å². The predicted molar refractivity (Wildman–Crippen MR) is 259 cm³/mol. The monoisotopic (exact) mass is 819 g/mol. The molecule has 5 heterocycles. The first kappa shape index (κ1) is 35.0. The number of benzene rings is 9. The standard InChI is InChI=1S/C57H37N7/c1-3-18-38(19-4-1)57(39-20-5-2-6-21-39)43-24-7-10-27-47(43)60(40-22-17-23-41(36-40)61-50-30-13-15-32-52(50)63-48-28-11-8-25-45(48)58-55(61)63)54-37-42(34-35-44(54)57)62-51-31-14-16-33-53(51)64-49-29-12-9-26-46(49)59-56(62)64/h1-37H. The molecule has 0 saturated heterocycles. The second-order valence-electron chi connectivity index (χ2n) is 16.7. The largest absolute Gasteiger partial charge is 0.310 e. The molecule has 0 N–H and O–H groups in total. The Morgan fingerprint density at radius 1 is 0.312 bits per heavy atom. The van der Waals surface area contributed by atoms with Crippen LogP contribution in [0.5, 0.6) is 0 Å². The molecule has 14 rings (SSSR count). The van der Waals surface area contributed by atoms with E-state index in [1.165, 1.54) is 22.3 Å². The van der Waals surface area contributed by atoms with Crippen molar-refractivity contribution in [1.82, 2.24) is 27.9 Å². The number of para-hydroxylation sites is 9. The van der Waals surface area contributed by atoms with Gasteiger partial charge in [0.05, 0.1) is 72.3 Å². The van der Waals surface area contributed by atoms with Gasteiger partial charge in [-0.15, -0.1) is 0 Å². The van der Waals surface area contributed by atoms with Gasteiger partial charge in [0.1, 0.15) is 0 Å². The van der Waals surface area contributed by atoms with E-state index in [9.17, 15) is 0 Å². The van der Waals surface area contributed by atoms with Gasteiger partial charge in [0.2, 0.25) is 11.6 Å². The lowest BCUT2D eigenvalue weighted by molar-refractivity contribution is 0.730. The van der Waals surface area contributed by atoms with Gasteiger partial charge >= 0.3 is 0 Å². The maximum atomic E-state index is 5.28. The molecule has 7 heteroatoms. The van der Waals surface area contributed by atoms with Gasteiger partial charge in [-0.05, 0) is 107 Å². The quantitative estimate of drug-likeness (QED) is 0.174. The summed E-state index contributed by atoms with van der Waals surface area (Å²) in [5.41, 5.74) is 18.0. The Labute approximate surface area is 367 Å². The lowest BCUT2D eigenvalue weighted by atomic mass is 9.62. The van der Waals surface area contributed by atoms with Crippen LogP contribution in [0.2, 0.25) is 0 Å². The summed E-state index contributed by atoms with van der Waals surface area (Å²) in [7, 11) is 0. The molecular weight excluding hydrogens is 783 g/mol. The fourth-order valence-electron chi connectivity index (χ4n) is 10.8. The number of aromatic nitrogens is 6. The summed E-state index contributed by atoms with van der Waals surface area (Å²) >= 11 is 0. The number of nitrogens with zero attached hydrogens (tertiary/aromatic N) is 7. The van der Waals surface area contributed by atoms with E-state index >= 15 is 0 Å². The Balaban J connectivity index is 1.08. The van der Waals surface area contributed by atoms with Gasteiger partial charge in [-0.25, -0.2) is 9.97 Å². The molecule has 0 bridgehead atoms. The lowest BCUT2D eigenvalue weighted by Gasteiger charge is -2.46. The molecule has 4 aromatic heterocycles. The van der Waals surface area contributed by atoms with Crippen molar-refractivity contribution in [1.29, 1.82) is 0 Å². The average Bonchev–Trinajstić information content (AvgIpc) is 4.10. The van der Waals surface area contributed by atoms with Gasteiger partial charge in [-0.2, -0.15) is 0 Å². The molecule has 300 valence electrons. The first-order chi connectivity index (χ1) is 31.8. The van der Waals surface area contributed by atoms with Crippen molar-refractivity contribution in [2.75, 3.05) is 4.90 Å². The van der Waals surface area contributed by atoms with Crippen LogP contribution >= 0.6 is 0 Å². The Morgan fingerprint density at radius 3 is 1.36 bits per heavy atom. The summed E-state index contributed by atoms with van der Waals surface area (Å²) < 4.78 is 9.20. The van der Waals surface area contributed by atoms with Gasteiger partial charge in [0.25, 0.3) is 0 Å². The van der Waals surface area contributed by atoms with Gasteiger partial charge in [-0.1, -0.05) is 140 Å². The Bertz CT molecular complexity index is 3940. The highest BCUT2D eigenvalue weighted by molar-refractivity contribution is 5.96. The number of fused-ring (bicyclic) bond motifs is 12. The van der Waals surface area contributed by atoms with Crippen LogP contribution in [0.15, 0.2) is 224 Å². The third kappa shape index (κ3) is 4.64. The molecule has 0 unspecified atom stereocenters. The summed E-state index contributed by atoms with van der Waals surface area (Å²) in [4.78, 5) is 13.0. The maximum Gasteiger partial charge on any atom is 0.220 e. The van der Waals surface area contributed by atoms with Crippen molar-refractivity contribution in [2.45, 2.75) is 5.41 Å². The second-order valence-corrected chi connectivity index (χ2v) is 16.7. The van der Waals surface area contributed by atoms with Crippen molar-refractivity contribution in [3.05, 3.63) is 247 Å². The number of imidazole rings is 4. The minimum absolute atomic E-state index is 0.643. The van der Waals surface area contributed by atoms with Crippen molar-refractivity contribution < 1.29 is 0 Å². The normalized spacial score (nSPS) is 13.4. The van der Waals surface area contributed by atoms with Gasteiger partial charge in [0, 0.05) is 5.69 Å². The van der Waals surface area contributed by atoms with E-state index in [4.69, 9.17) is 9.97 Å². The van der Waals surface area contributed by atoms with Crippen LogP contribution in [0, 0.1) is 0 Å². The fourth-order valence-corrected chi connectivity index (χ4v) is 10.8. The number of rotatable bonds is 5. The SMILES string of the molecule is c1ccc(C2(c3ccccc3)c3ccccc3N(c3cccc(-n4c5ccccc5n5c6ccccc6nc45)c3)c3cc(-n4c5ccccc5n5c6ccccc6nc45)ccc32)cc1. The third-order valence-corrected chi connectivity index (χ3v) is 13.4. The minimum Gasteiger partial charge on any atom is -0.310 e. The van der Waals surface area contributed by atoms with Crippen LogP contribution in [0.25, 0.3) is 67.1 Å². The molecule has 0 amide bonds. The van der Waals surface area contributed by atoms with E-state index in [1.807, 2.05) is 0 Å². The van der Waals surface area contributed by atoms with E-state index in [0.29, 0.717) is 0 Å². The predicted octanol–water partition coefficient (Wildman–Crippen LogP) is 13.3. The molecule has 13 aromatic rings. The van der Waals surface area contributed by atoms with E-state index in [1.54, 1.807) is 0 Å². The summed E-state index contributed by atoms with van der Waals surface area (Å²) in [5, 5.41) is 0. The zero-order valence-corrected chi connectivity index (χ0v) is 34.5. The molecule has 0 atom stereocenters. The maximum absolute atomic E-state index is 5.28. The van der Waals surface area contributed by atoms with E-state index in [-0.39, 0.29) is 0 Å². The lowest BCUT2D eigenvalue weighted by Crippen LogP contribution is -2.37. The number of hydrogen-bond donors (Lipinski definition) is 0. The fraction of sp³-hybridized carbons (Fsp3) is 0.0175. The molecule has 0 radical (unpaired) electrons. The molecule has 9 aromatic carbocycles. The van der Waals surface area contributed by atoms with Gasteiger partial charge in [0.15, 0.2) is 0 Å². The average molecular weight is 820 g/mol. The van der Waals surface area contributed by atoms with Crippen LogP contribution in [-0.4, -0.2) is 27.9 Å². The highest BCUT2D eigenvalue weighted by Gasteiger charge is 2.46. The topological polar surface area (TPSA) is 47.7 Å². The molecule has 1 aliphatic heterocycles. The molecule has 0 aliphatic carbocycles. The van der Waals surface area contributed by atoms with Crippen LogP contribution in [0.4, 0.5) is 17.1 Å². The molecule has 0 saturated carbocycles. The van der Waals surface area contributed by atoms with E-state index < -0.39 is 5.41 Å². The zero-order valence-electron chi connectivity index (χ0n) is 34.5. The highest BCUT2D eigenvalue weighted by atomic mass is 15.2. The summed E-state index contributed by atoms with van der Waals surface area (Å²) in [6, 6.07) is 81.0. The molecule has 0 spiro atoms. The van der Waals surface area contributed by atoms with Crippen molar-refractivity contribution in [3.63, 3.8) is 0 Å².